The van der Waals surface area contributed by atoms with E-state index in [9.17, 15) is 0 Å². The van der Waals surface area contributed by atoms with E-state index in [1.54, 1.807) is 0 Å². The van der Waals surface area contributed by atoms with Crippen molar-refractivity contribution in [2.75, 3.05) is 39.9 Å². The molecule has 1 fully saturated rings. The van der Waals surface area contributed by atoms with E-state index in [0.717, 1.165) is 26.3 Å². The van der Waals surface area contributed by atoms with Crippen molar-refractivity contribution in [1.29, 1.82) is 0 Å². The van der Waals surface area contributed by atoms with Gasteiger partial charge in [-0.2, -0.15) is 0 Å². The fraction of sp³-hybridized carbons (Fsp3) is 1.00. The summed E-state index contributed by atoms with van der Waals surface area (Å²) in [6.45, 7) is 12.1. The quantitative estimate of drug-likeness (QED) is 0.705. The number of hydrogen-bond acceptors (Lipinski definition) is 3. The zero-order chi connectivity index (χ0) is 12.7. The van der Waals surface area contributed by atoms with Crippen LogP contribution >= 0.6 is 0 Å². The fourth-order valence-electron chi connectivity index (χ4n) is 2.70. The van der Waals surface area contributed by atoms with Crippen LogP contribution in [0.4, 0.5) is 0 Å². The molecule has 0 spiro atoms. The first kappa shape index (κ1) is 14.9. The van der Waals surface area contributed by atoms with Crippen LogP contribution in [0.15, 0.2) is 0 Å². The van der Waals surface area contributed by atoms with Crippen LogP contribution in [0.5, 0.6) is 0 Å². The van der Waals surface area contributed by atoms with Crippen molar-refractivity contribution in [1.82, 2.24) is 10.2 Å². The molecule has 102 valence electrons. The minimum atomic E-state index is 0.424. The van der Waals surface area contributed by atoms with Crippen LogP contribution in [-0.2, 0) is 4.74 Å². The summed E-state index contributed by atoms with van der Waals surface area (Å²) >= 11 is 0. The second-order valence-corrected chi connectivity index (χ2v) is 5.42. The fourth-order valence-corrected chi connectivity index (χ4v) is 2.70. The first-order valence-corrected chi connectivity index (χ1v) is 7.16. The van der Waals surface area contributed by atoms with Crippen molar-refractivity contribution in [3.8, 4) is 0 Å². The summed E-state index contributed by atoms with van der Waals surface area (Å²) in [5, 5.41) is 3.53. The van der Waals surface area contributed by atoms with Gasteiger partial charge in [0.05, 0.1) is 6.61 Å². The average Bonchev–Trinajstić information content (AvgIpc) is 2.88. The van der Waals surface area contributed by atoms with Gasteiger partial charge < -0.3 is 15.0 Å². The third kappa shape index (κ3) is 4.23. The predicted octanol–water partition coefficient (Wildman–Crippen LogP) is 2.12. The SMILES string of the molecule is CCNCC(CC)(CC)CN(C)C1CCOC1. The summed E-state index contributed by atoms with van der Waals surface area (Å²) in [6.07, 6.45) is 3.68. The Morgan fingerprint density at radius 3 is 2.47 bits per heavy atom. The summed E-state index contributed by atoms with van der Waals surface area (Å²) in [5.74, 6) is 0. The van der Waals surface area contributed by atoms with Gasteiger partial charge in [0.1, 0.15) is 0 Å². The number of nitrogens with one attached hydrogen (secondary N) is 1. The lowest BCUT2D eigenvalue weighted by Gasteiger charge is -2.38. The molecular weight excluding hydrogens is 212 g/mol. The number of nitrogens with zero attached hydrogens (tertiary/aromatic N) is 1. The van der Waals surface area contributed by atoms with Gasteiger partial charge in [0.25, 0.3) is 0 Å². The Bertz CT molecular complexity index is 198. The molecule has 1 saturated heterocycles. The van der Waals surface area contributed by atoms with Gasteiger partial charge in [-0.3, -0.25) is 0 Å². The van der Waals surface area contributed by atoms with Crippen molar-refractivity contribution < 1.29 is 4.74 Å². The van der Waals surface area contributed by atoms with Crippen LogP contribution in [0.25, 0.3) is 0 Å². The van der Waals surface area contributed by atoms with E-state index in [4.69, 9.17) is 4.74 Å². The molecule has 1 N–H and O–H groups in total. The summed E-state index contributed by atoms with van der Waals surface area (Å²) in [7, 11) is 2.26. The van der Waals surface area contributed by atoms with Gasteiger partial charge in [-0.1, -0.05) is 20.8 Å². The van der Waals surface area contributed by atoms with Crippen molar-refractivity contribution in [2.24, 2.45) is 5.41 Å². The van der Waals surface area contributed by atoms with Gasteiger partial charge in [-0.05, 0) is 38.3 Å². The number of rotatable bonds is 8. The van der Waals surface area contributed by atoms with Crippen LogP contribution in [0, 0.1) is 5.41 Å². The largest absolute Gasteiger partial charge is 0.380 e. The van der Waals surface area contributed by atoms with Gasteiger partial charge in [0.15, 0.2) is 0 Å². The maximum absolute atomic E-state index is 5.48. The molecule has 3 nitrogen and oxygen atoms in total. The van der Waals surface area contributed by atoms with E-state index in [-0.39, 0.29) is 0 Å². The standard InChI is InChI=1S/C14H30N2O/c1-5-14(6-2,11-15-7-3)12-16(4)13-8-9-17-10-13/h13,15H,5-12H2,1-4H3. The molecule has 1 atom stereocenters. The van der Waals surface area contributed by atoms with E-state index >= 15 is 0 Å². The van der Waals surface area contributed by atoms with Crippen LogP contribution in [0.3, 0.4) is 0 Å². The van der Waals surface area contributed by atoms with Gasteiger partial charge in [0.2, 0.25) is 0 Å². The normalized spacial score (nSPS) is 21.4. The number of ether oxygens (including phenoxy) is 1. The van der Waals surface area contributed by atoms with Crippen LogP contribution < -0.4 is 5.32 Å². The lowest BCUT2D eigenvalue weighted by atomic mass is 9.81. The maximum atomic E-state index is 5.48. The molecule has 0 amide bonds. The minimum absolute atomic E-state index is 0.424. The Kier molecular flexibility index (Phi) is 6.45. The molecule has 1 rings (SSSR count). The van der Waals surface area contributed by atoms with Crippen molar-refractivity contribution >= 4 is 0 Å². The molecular formula is C14H30N2O. The first-order valence-electron chi connectivity index (χ1n) is 7.16. The van der Waals surface area contributed by atoms with Gasteiger partial charge in [0, 0.05) is 25.7 Å². The maximum Gasteiger partial charge on any atom is 0.0622 e. The van der Waals surface area contributed by atoms with E-state index in [1.165, 1.54) is 25.8 Å². The highest BCUT2D eigenvalue weighted by Crippen LogP contribution is 2.28. The van der Waals surface area contributed by atoms with Crippen molar-refractivity contribution in [3.63, 3.8) is 0 Å². The Hall–Kier alpha value is -0.120. The molecule has 0 bridgehead atoms. The van der Waals surface area contributed by atoms with E-state index in [0.29, 0.717) is 11.5 Å². The highest BCUT2D eigenvalue weighted by molar-refractivity contribution is 4.85. The van der Waals surface area contributed by atoms with E-state index < -0.39 is 0 Å². The van der Waals surface area contributed by atoms with Gasteiger partial charge in [-0.15, -0.1) is 0 Å². The Balaban J connectivity index is 2.51. The summed E-state index contributed by atoms with van der Waals surface area (Å²) in [5.41, 5.74) is 0.424. The van der Waals surface area contributed by atoms with Crippen LogP contribution in [0.1, 0.15) is 40.0 Å². The van der Waals surface area contributed by atoms with Crippen LogP contribution in [0.2, 0.25) is 0 Å². The molecule has 1 heterocycles. The molecule has 3 heteroatoms. The predicted molar refractivity (Wildman–Crippen MR) is 73.4 cm³/mol. The van der Waals surface area contributed by atoms with E-state index in [2.05, 4.69) is 38.0 Å². The molecule has 1 unspecified atom stereocenters. The molecule has 0 saturated carbocycles. The molecule has 0 aromatic rings. The molecule has 0 aliphatic carbocycles. The first-order chi connectivity index (χ1) is 8.17. The summed E-state index contributed by atoms with van der Waals surface area (Å²) in [4.78, 5) is 2.51. The third-order valence-corrected chi connectivity index (χ3v) is 4.36. The third-order valence-electron chi connectivity index (χ3n) is 4.36. The second-order valence-electron chi connectivity index (χ2n) is 5.42. The summed E-state index contributed by atoms with van der Waals surface area (Å²) in [6, 6.07) is 0.633. The zero-order valence-electron chi connectivity index (χ0n) is 12.1. The lowest BCUT2D eigenvalue weighted by molar-refractivity contribution is 0.107. The monoisotopic (exact) mass is 242 g/mol. The number of likely N-dealkylation sites (N-methyl/N-ethyl adjacent to an activating group) is 1. The molecule has 1 aliphatic heterocycles. The van der Waals surface area contributed by atoms with E-state index in [1.807, 2.05) is 0 Å². The van der Waals surface area contributed by atoms with Crippen LogP contribution in [-0.4, -0.2) is 50.8 Å². The minimum Gasteiger partial charge on any atom is -0.380 e. The molecule has 1 aliphatic rings. The lowest BCUT2D eigenvalue weighted by Crippen LogP contribution is -2.45. The van der Waals surface area contributed by atoms with Crippen molar-refractivity contribution in [2.45, 2.75) is 46.1 Å². The molecule has 0 radical (unpaired) electrons. The number of hydrogen-bond donors (Lipinski definition) is 1. The zero-order valence-corrected chi connectivity index (χ0v) is 12.1. The second kappa shape index (κ2) is 7.34. The highest BCUT2D eigenvalue weighted by atomic mass is 16.5. The molecule has 0 aromatic heterocycles. The van der Waals surface area contributed by atoms with Gasteiger partial charge in [-0.25, -0.2) is 0 Å². The van der Waals surface area contributed by atoms with Crippen molar-refractivity contribution in [3.05, 3.63) is 0 Å². The Labute approximate surface area is 107 Å². The van der Waals surface area contributed by atoms with Gasteiger partial charge >= 0.3 is 0 Å². The Morgan fingerprint density at radius 1 is 1.29 bits per heavy atom. The smallest absolute Gasteiger partial charge is 0.0622 e. The summed E-state index contributed by atoms with van der Waals surface area (Å²) < 4.78 is 5.48. The topological polar surface area (TPSA) is 24.5 Å². The Morgan fingerprint density at radius 2 is 2.00 bits per heavy atom. The highest BCUT2D eigenvalue weighted by Gasteiger charge is 2.30. The molecule has 0 aromatic carbocycles. The molecule has 17 heavy (non-hydrogen) atoms. The average molecular weight is 242 g/mol.